The Kier molecular flexibility index (Phi) is 2.98. The summed E-state index contributed by atoms with van der Waals surface area (Å²) >= 11 is 0. The summed E-state index contributed by atoms with van der Waals surface area (Å²) in [6.45, 7) is 1.70. The largest absolute Gasteiger partial charge is 0.422 e. The Balaban J connectivity index is 2.06. The van der Waals surface area contributed by atoms with Crippen LogP contribution in [0.3, 0.4) is 0 Å². The van der Waals surface area contributed by atoms with Crippen LogP contribution in [-0.4, -0.2) is 11.0 Å². The van der Waals surface area contributed by atoms with E-state index in [1.54, 1.807) is 37.4 Å². The third-order valence-corrected chi connectivity index (χ3v) is 3.16. The summed E-state index contributed by atoms with van der Waals surface area (Å²) in [6.07, 6.45) is 1.63. The Morgan fingerprint density at radius 3 is 2.86 bits per heavy atom. The van der Waals surface area contributed by atoms with Crippen molar-refractivity contribution < 1.29 is 13.9 Å². The first-order valence-corrected chi connectivity index (χ1v) is 6.25. The van der Waals surface area contributed by atoms with Crippen molar-refractivity contribution in [2.75, 3.05) is 5.73 Å². The number of hydrogen-bond acceptors (Lipinski definition) is 5. The quantitative estimate of drug-likeness (QED) is 0.427. The van der Waals surface area contributed by atoms with E-state index >= 15 is 0 Å². The first-order valence-electron chi connectivity index (χ1n) is 6.25. The van der Waals surface area contributed by atoms with Crippen LogP contribution >= 0.6 is 0 Å². The van der Waals surface area contributed by atoms with Crippen molar-refractivity contribution in [2.45, 2.75) is 6.92 Å². The van der Waals surface area contributed by atoms with Crippen LogP contribution in [0.4, 0.5) is 5.69 Å². The molecule has 3 rings (SSSR count). The summed E-state index contributed by atoms with van der Waals surface area (Å²) in [7, 11) is 0. The number of hydrogen-bond donors (Lipinski definition) is 2. The first kappa shape index (κ1) is 13.0. The maximum atomic E-state index is 11.9. The van der Waals surface area contributed by atoms with Crippen LogP contribution in [0.15, 0.2) is 45.7 Å². The highest BCUT2D eigenvalue weighted by Crippen LogP contribution is 2.29. The summed E-state index contributed by atoms with van der Waals surface area (Å²) in [5, 5.41) is 0.603. The lowest BCUT2D eigenvalue weighted by molar-refractivity contribution is 0.0728. The van der Waals surface area contributed by atoms with E-state index in [-0.39, 0.29) is 0 Å². The van der Waals surface area contributed by atoms with Gasteiger partial charge in [-0.15, -0.1) is 0 Å². The number of esters is 1. The van der Waals surface area contributed by atoms with Crippen LogP contribution in [-0.2, 0) is 0 Å². The molecule has 1 aromatic carbocycles. The number of carbonyl (C=O) groups is 1. The predicted molar refractivity (Wildman–Crippen MR) is 77.4 cm³/mol. The molecule has 0 atom stereocenters. The number of benzene rings is 1. The van der Waals surface area contributed by atoms with Crippen molar-refractivity contribution in [3.63, 3.8) is 0 Å². The highest BCUT2D eigenvalue weighted by atomic mass is 16.5. The zero-order chi connectivity index (χ0) is 15.0. The van der Waals surface area contributed by atoms with Gasteiger partial charge in [0.15, 0.2) is 0 Å². The molecule has 2 aromatic heterocycles. The van der Waals surface area contributed by atoms with Crippen LogP contribution in [0.2, 0.25) is 0 Å². The average molecular weight is 284 g/mol. The second kappa shape index (κ2) is 4.82. The van der Waals surface area contributed by atoms with Gasteiger partial charge in [-0.3, -0.25) is 0 Å². The fraction of sp³-hybridized carbons (Fsp3) is 0.0667. The van der Waals surface area contributed by atoms with Crippen molar-refractivity contribution in [2.24, 2.45) is 0 Å². The van der Waals surface area contributed by atoms with Gasteiger partial charge in [0.2, 0.25) is 0 Å². The molecule has 0 saturated carbocycles. The molecule has 0 aliphatic rings. The van der Waals surface area contributed by atoms with Gasteiger partial charge >= 0.3 is 11.6 Å². The number of nitrogens with two attached hydrogens (primary N) is 1. The minimum absolute atomic E-state index is 0.316. The Hall–Kier alpha value is -3.02. The Morgan fingerprint density at radius 1 is 1.33 bits per heavy atom. The van der Waals surface area contributed by atoms with Crippen LogP contribution in [0.25, 0.3) is 11.0 Å². The molecule has 0 fully saturated rings. The zero-order valence-corrected chi connectivity index (χ0v) is 11.2. The third-order valence-electron chi connectivity index (χ3n) is 3.16. The number of ether oxygens (including phenoxy) is 1. The maximum absolute atomic E-state index is 11.9. The first-order chi connectivity index (χ1) is 10.1. The zero-order valence-electron chi connectivity index (χ0n) is 11.2. The summed E-state index contributed by atoms with van der Waals surface area (Å²) in [6, 6.07) is 7.79. The van der Waals surface area contributed by atoms with E-state index in [2.05, 4.69) is 4.98 Å². The molecule has 3 N–H and O–H groups in total. The molecule has 0 bridgehead atoms. The normalized spacial score (nSPS) is 10.7. The number of H-pyrrole nitrogens is 1. The molecule has 3 aromatic rings. The van der Waals surface area contributed by atoms with Crippen molar-refractivity contribution in [3.05, 3.63) is 58.2 Å². The van der Waals surface area contributed by atoms with Crippen molar-refractivity contribution in [1.82, 2.24) is 4.98 Å². The molecular weight excluding hydrogens is 272 g/mol. The highest BCUT2D eigenvalue weighted by molar-refractivity contribution is 5.93. The van der Waals surface area contributed by atoms with Gasteiger partial charge in [-0.25, -0.2) is 9.59 Å². The van der Waals surface area contributed by atoms with E-state index in [0.29, 0.717) is 33.7 Å². The minimum atomic E-state index is -0.545. The molecule has 0 spiro atoms. The number of nitrogen functional groups attached to an aromatic ring is 1. The molecule has 0 aliphatic carbocycles. The SMILES string of the molecule is Cc1c(OC(=O)c2ccc[nH]2)ccc2c(N)cc(=O)oc12. The monoisotopic (exact) mass is 284 g/mol. The summed E-state index contributed by atoms with van der Waals surface area (Å²) in [5.74, 6) is -0.204. The van der Waals surface area contributed by atoms with E-state index in [4.69, 9.17) is 14.9 Å². The molecule has 0 aliphatic heterocycles. The number of aryl methyl sites for hydroxylation is 1. The summed E-state index contributed by atoms with van der Waals surface area (Å²) in [4.78, 5) is 26.1. The van der Waals surface area contributed by atoms with Crippen LogP contribution in [0.5, 0.6) is 5.75 Å². The molecule has 0 saturated heterocycles. The fourth-order valence-electron chi connectivity index (χ4n) is 2.09. The number of nitrogens with one attached hydrogen (secondary N) is 1. The molecule has 6 heteroatoms. The molecule has 6 nitrogen and oxygen atoms in total. The maximum Gasteiger partial charge on any atom is 0.360 e. The second-order valence-corrected chi connectivity index (χ2v) is 4.56. The molecule has 0 radical (unpaired) electrons. The van der Waals surface area contributed by atoms with E-state index in [1.807, 2.05) is 0 Å². The number of carbonyl (C=O) groups excluding carboxylic acids is 1. The van der Waals surface area contributed by atoms with Crippen molar-refractivity contribution in [1.29, 1.82) is 0 Å². The Bertz CT molecular complexity index is 879. The summed E-state index contributed by atoms with van der Waals surface area (Å²) < 4.78 is 10.5. The molecule has 106 valence electrons. The van der Waals surface area contributed by atoms with Gasteiger partial charge < -0.3 is 19.9 Å². The average Bonchev–Trinajstić information content (AvgIpc) is 2.96. The van der Waals surface area contributed by atoms with Crippen LogP contribution in [0.1, 0.15) is 16.1 Å². The van der Waals surface area contributed by atoms with Crippen molar-refractivity contribution in [3.8, 4) is 5.75 Å². The van der Waals surface area contributed by atoms with Gasteiger partial charge in [-0.05, 0) is 31.2 Å². The minimum Gasteiger partial charge on any atom is -0.422 e. The predicted octanol–water partition coefficient (Wildman–Crippen LogP) is 2.23. The van der Waals surface area contributed by atoms with Gasteiger partial charge in [-0.2, -0.15) is 0 Å². The van der Waals surface area contributed by atoms with E-state index in [1.165, 1.54) is 6.07 Å². The molecule has 2 heterocycles. The van der Waals surface area contributed by atoms with Gasteiger partial charge in [0.05, 0.1) is 0 Å². The molecule has 21 heavy (non-hydrogen) atoms. The van der Waals surface area contributed by atoms with E-state index in [0.717, 1.165) is 0 Å². The Labute approximate surface area is 119 Å². The van der Waals surface area contributed by atoms with Gasteiger partial charge in [0.25, 0.3) is 0 Å². The number of anilines is 1. The van der Waals surface area contributed by atoms with E-state index in [9.17, 15) is 9.59 Å². The standard InChI is InChI=1S/C15H12N2O4/c1-8-12(20-15(19)11-3-2-6-17-11)5-4-9-10(16)7-13(18)21-14(8)9/h2-7,17H,16H2,1H3. The highest BCUT2D eigenvalue weighted by Gasteiger charge is 2.14. The number of aromatic amines is 1. The lowest BCUT2D eigenvalue weighted by atomic mass is 10.1. The number of aromatic nitrogens is 1. The number of rotatable bonds is 2. The smallest absolute Gasteiger partial charge is 0.360 e. The number of fused-ring (bicyclic) bond motifs is 1. The van der Waals surface area contributed by atoms with Crippen molar-refractivity contribution >= 4 is 22.6 Å². The third kappa shape index (κ3) is 2.27. The fourth-order valence-corrected chi connectivity index (χ4v) is 2.09. The topological polar surface area (TPSA) is 98.3 Å². The Morgan fingerprint density at radius 2 is 2.14 bits per heavy atom. The lowest BCUT2D eigenvalue weighted by Crippen LogP contribution is -2.10. The molecule has 0 unspecified atom stereocenters. The van der Waals surface area contributed by atoms with Gasteiger partial charge in [0, 0.05) is 28.9 Å². The van der Waals surface area contributed by atoms with Crippen LogP contribution in [0, 0.1) is 6.92 Å². The molecule has 0 amide bonds. The van der Waals surface area contributed by atoms with Gasteiger partial charge in [-0.1, -0.05) is 0 Å². The summed E-state index contributed by atoms with van der Waals surface area (Å²) in [5.41, 5.74) is 6.75. The van der Waals surface area contributed by atoms with E-state index < -0.39 is 11.6 Å². The molecular formula is C15H12N2O4. The van der Waals surface area contributed by atoms with Gasteiger partial charge in [0.1, 0.15) is 17.0 Å². The second-order valence-electron chi connectivity index (χ2n) is 4.56. The lowest BCUT2D eigenvalue weighted by Gasteiger charge is -2.09. The van der Waals surface area contributed by atoms with Crippen LogP contribution < -0.4 is 16.1 Å².